The molecule has 3 fully saturated rings. The predicted octanol–water partition coefficient (Wildman–Crippen LogP) is 0.161. The Kier molecular flexibility index (Phi) is 8.15. The molecule has 2 aliphatic heterocycles. The molecule has 0 aromatic heterocycles. The van der Waals surface area contributed by atoms with Crippen molar-refractivity contribution >= 4 is 29.4 Å². The number of rotatable bonds is 8. The van der Waals surface area contributed by atoms with Crippen LogP contribution in [0.1, 0.15) is 32.1 Å². The van der Waals surface area contributed by atoms with Gasteiger partial charge in [-0.1, -0.05) is 0 Å². The molecular formula is C20H24F6N4O6. The summed E-state index contributed by atoms with van der Waals surface area (Å²) >= 11 is 0. The van der Waals surface area contributed by atoms with E-state index in [1.165, 1.54) is 5.32 Å². The lowest BCUT2D eigenvalue weighted by Crippen LogP contribution is -2.58. The highest BCUT2D eigenvalue weighted by Gasteiger charge is 2.53. The number of nitrogens with zero attached hydrogens (tertiary/aromatic N) is 1. The SMILES string of the molecule is O=C(NCC(F)(F)F)C(=O)N1[C@@H]2CC[C@@H](C2)[C@H]1C(=O)NC(CC1CCNC1=O)C(=O)COC(F)(F)F. The van der Waals surface area contributed by atoms with E-state index in [4.69, 9.17) is 0 Å². The molecular weight excluding hydrogens is 506 g/mol. The molecule has 4 amide bonds. The molecule has 16 heteroatoms. The Morgan fingerprint density at radius 1 is 1.08 bits per heavy atom. The van der Waals surface area contributed by atoms with Crippen LogP contribution in [0.2, 0.25) is 0 Å². The quantitative estimate of drug-likeness (QED) is 0.303. The molecule has 2 bridgehead atoms. The normalized spacial score (nSPS) is 26.5. The van der Waals surface area contributed by atoms with Crippen LogP contribution in [0.15, 0.2) is 0 Å². The molecule has 1 saturated carbocycles. The molecule has 10 nitrogen and oxygen atoms in total. The summed E-state index contributed by atoms with van der Waals surface area (Å²) in [6.07, 6.45) is -8.79. The third-order valence-electron chi connectivity index (χ3n) is 6.50. The third-order valence-corrected chi connectivity index (χ3v) is 6.50. The van der Waals surface area contributed by atoms with Crippen LogP contribution in [0.5, 0.6) is 0 Å². The number of ketones is 1. The molecule has 5 atom stereocenters. The maximum Gasteiger partial charge on any atom is 0.522 e. The number of alkyl halides is 6. The summed E-state index contributed by atoms with van der Waals surface area (Å²) in [4.78, 5) is 63.1. The molecule has 2 saturated heterocycles. The van der Waals surface area contributed by atoms with Crippen LogP contribution in [0, 0.1) is 11.8 Å². The Morgan fingerprint density at radius 2 is 1.78 bits per heavy atom. The molecule has 0 aromatic rings. The number of ether oxygens (including phenoxy) is 1. The van der Waals surface area contributed by atoms with Crippen LogP contribution < -0.4 is 16.0 Å². The van der Waals surface area contributed by atoms with Crippen molar-refractivity contribution in [3.05, 3.63) is 0 Å². The van der Waals surface area contributed by atoms with Crippen LogP contribution in [0.3, 0.4) is 0 Å². The standard InChI is InChI=1S/C20H24F6N4O6/c21-19(22,23)8-28-17(34)18(35)30-11-2-1-9(5-11)14(30)16(33)29-12(6-10-3-4-27-15(10)32)13(31)7-36-20(24,25)26/h9-12,14H,1-8H2,(H,27,32)(H,28,34)(H,29,33)/t9-,10?,11+,12?,14-/m0/s1. The summed E-state index contributed by atoms with van der Waals surface area (Å²) in [5.74, 6) is -6.72. The van der Waals surface area contributed by atoms with E-state index in [0.29, 0.717) is 12.8 Å². The first kappa shape index (κ1) is 27.7. The van der Waals surface area contributed by atoms with Gasteiger partial charge < -0.3 is 20.9 Å². The van der Waals surface area contributed by atoms with Crippen LogP contribution in [-0.4, -0.2) is 84.7 Å². The minimum Gasteiger partial charge on any atom is -0.356 e. The molecule has 2 unspecified atom stereocenters. The van der Waals surface area contributed by atoms with Crippen molar-refractivity contribution in [2.45, 2.75) is 62.8 Å². The van der Waals surface area contributed by atoms with Gasteiger partial charge in [0.15, 0.2) is 5.78 Å². The molecule has 3 rings (SSSR count). The van der Waals surface area contributed by atoms with Gasteiger partial charge in [0.1, 0.15) is 19.2 Å². The zero-order chi connectivity index (χ0) is 26.8. The van der Waals surface area contributed by atoms with Crippen molar-refractivity contribution in [2.75, 3.05) is 19.7 Å². The first-order chi connectivity index (χ1) is 16.7. The molecule has 3 N–H and O–H groups in total. The van der Waals surface area contributed by atoms with E-state index in [0.717, 1.165) is 4.90 Å². The van der Waals surface area contributed by atoms with E-state index in [-0.39, 0.29) is 25.8 Å². The van der Waals surface area contributed by atoms with Gasteiger partial charge in [-0.2, -0.15) is 13.2 Å². The summed E-state index contributed by atoms with van der Waals surface area (Å²) in [6.45, 7) is -2.91. The molecule has 202 valence electrons. The number of fused-ring (bicyclic) bond motifs is 2. The van der Waals surface area contributed by atoms with Gasteiger partial charge in [-0.25, -0.2) is 0 Å². The van der Waals surface area contributed by atoms with Crippen LogP contribution >= 0.6 is 0 Å². The lowest BCUT2D eigenvalue weighted by Gasteiger charge is -2.34. The van der Waals surface area contributed by atoms with Crippen molar-refractivity contribution in [1.82, 2.24) is 20.9 Å². The van der Waals surface area contributed by atoms with Gasteiger partial charge >= 0.3 is 24.4 Å². The van der Waals surface area contributed by atoms with Gasteiger partial charge in [-0.05, 0) is 38.0 Å². The zero-order valence-electron chi connectivity index (χ0n) is 18.7. The van der Waals surface area contributed by atoms with Crippen molar-refractivity contribution in [1.29, 1.82) is 0 Å². The summed E-state index contributed by atoms with van der Waals surface area (Å²) in [5, 5.41) is 6.24. The summed E-state index contributed by atoms with van der Waals surface area (Å²) in [5.41, 5.74) is 0. The second-order valence-electron chi connectivity index (χ2n) is 8.96. The van der Waals surface area contributed by atoms with E-state index in [1.54, 1.807) is 0 Å². The predicted molar refractivity (Wildman–Crippen MR) is 106 cm³/mol. The summed E-state index contributed by atoms with van der Waals surface area (Å²) in [6, 6.07) is -3.48. The van der Waals surface area contributed by atoms with E-state index in [1.807, 2.05) is 0 Å². The van der Waals surface area contributed by atoms with Gasteiger partial charge in [0.05, 0.1) is 6.04 Å². The first-order valence-electron chi connectivity index (χ1n) is 11.1. The van der Waals surface area contributed by atoms with Crippen molar-refractivity contribution in [3.8, 4) is 0 Å². The van der Waals surface area contributed by atoms with Gasteiger partial charge in [-0.3, -0.25) is 28.7 Å². The third kappa shape index (κ3) is 6.85. The van der Waals surface area contributed by atoms with E-state index in [9.17, 15) is 50.3 Å². The van der Waals surface area contributed by atoms with Gasteiger partial charge in [-0.15, -0.1) is 13.2 Å². The minimum absolute atomic E-state index is 0.275. The molecule has 0 radical (unpaired) electrons. The molecule has 36 heavy (non-hydrogen) atoms. The Labute approximate surface area is 200 Å². The highest BCUT2D eigenvalue weighted by molar-refractivity contribution is 6.35. The first-order valence-corrected chi connectivity index (χ1v) is 11.1. The smallest absolute Gasteiger partial charge is 0.356 e. The van der Waals surface area contributed by atoms with E-state index < -0.39 is 85.1 Å². The largest absolute Gasteiger partial charge is 0.522 e. The number of piperidine rings is 1. The number of Topliss-reactive ketones (excluding diaryl/α,β-unsaturated/α-hetero) is 1. The second-order valence-corrected chi connectivity index (χ2v) is 8.96. The summed E-state index contributed by atoms with van der Waals surface area (Å²) in [7, 11) is 0. The van der Waals surface area contributed by atoms with Gasteiger partial charge in [0.2, 0.25) is 11.8 Å². The Hall–Kier alpha value is -2.91. The summed E-state index contributed by atoms with van der Waals surface area (Å²) < 4.78 is 78.1. The molecule has 1 aliphatic carbocycles. The number of likely N-dealkylation sites (tertiary alicyclic amines) is 1. The number of amides is 4. The fourth-order valence-electron chi connectivity index (χ4n) is 4.93. The topological polar surface area (TPSA) is 134 Å². The highest BCUT2D eigenvalue weighted by atomic mass is 19.4. The lowest BCUT2D eigenvalue weighted by molar-refractivity contribution is -0.321. The van der Waals surface area contributed by atoms with Crippen LogP contribution in [0.4, 0.5) is 26.3 Å². The van der Waals surface area contributed by atoms with Gasteiger partial charge in [0, 0.05) is 18.5 Å². The number of nitrogens with one attached hydrogen (secondary N) is 3. The Morgan fingerprint density at radius 3 is 2.36 bits per heavy atom. The van der Waals surface area contributed by atoms with Crippen molar-refractivity contribution in [3.63, 3.8) is 0 Å². The van der Waals surface area contributed by atoms with E-state index in [2.05, 4.69) is 15.4 Å². The maximum absolute atomic E-state index is 13.1. The van der Waals surface area contributed by atoms with Crippen LogP contribution in [0.25, 0.3) is 0 Å². The van der Waals surface area contributed by atoms with Crippen molar-refractivity contribution < 1.29 is 55.1 Å². The van der Waals surface area contributed by atoms with E-state index >= 15 is 0 Å². The lowest BCUT2D eigenvalue weighted by atomic mass is 9.93. The number of carbonyl (C=O) groups excluding carboxylic acids is 5. The Balaban J connectivity index is 1.73. The number of carbonyl (C=O) groups is 5. The van der Waals surface area contributed by atoms with Gasteiger partial charge in [0.25, 0.3) is 0 Å². The number of halogens is 6. The zero-order valence-corrected chi connectivity index (χ0v) is 18.7. The molecule has 2 heterocycles. The maximum atomic E-state index is 13.1. The van der Waals surface area contributed by atoms with Crippen LogP contribution in [-0.2, 0) is 28.7 Å². The molecule has 3 aliphatic rings. The fourth-order valence-corrected chi connectivity index (χ4v) is 4.93. The minimum atomic E-state index is -5.12. The second kappa shape index (κ2) is 10.6. The average molecular weight is 530 g/mol. The van der Waals surface area contributed by atoms with Crippen molar-refractivity contribution in [2.24, 2.45) is 11.8 Å². The number of hydrogen-bond donors (Lipinski definition) is 3. The number of hydrogen-bond acceptors (Lipinski definition) is 6. The Bertz CT molecular complexity index is 910. The molecule has 0 spiro atoms. The molecule has 0 aromatic carbocycles. The highest BCUT2D eigenvalue weighted by Crippen LogP contribution is 2.42. The fraction of sp³-hybridized carbons (Fsp3) is 0.750. The average Bonchev–Trinajstić information content (AvgIpc) is 3.50. The monoisotopic (exact) mass is 530 g/mol.